The van der Waals surface area contributed by atoms with E-state index in [1.54, 1.807) is 13.0 Å². The lowest BCUT2D eigenvalue weighted by Gasteiger charge is -2.19. The molecule has 6 heteroatoms. The number of hydrazone groups is 1. The van der Waals surface area contributed by atoms with Crippen LogP contribution in [0.5, 0.6) is 0 Å². The number of carbonyl (C=O) groups is 1. The van der Waals surface area contributed by atoms with E-state index < -0.39 is 0 Å². The second kappa shape index (κ2) is 4.56. The van der Waals surface area contributed by atoms with Crippen molar-refractivity contribution in [1.82, 2.24) is 15.4 Å². The first-order valence-corrected chi connectivity index (χ1v) is 6.42. The van der Waals surface area contributed by atoms with E-state index >= 15 is 0 Å². The Kier molecular flexibility index (Phi) is 2.85. The minimum atomic E-state index is -0.147. The van der Waals surface area contributed by atoms with Gasteiger partial charge in [0, 0.05) is 17.9 Å². The number of carbonyl (C=O) groups excluding carboxylic acids is 1. The van der Waals surface area contributed by atoms with Crippen LogP contribution in [0.3, 0.4) is 0 Å². The molecule has 0 bridgehead atoms. The molecule has 102 valence electrons. The van der Waals surface area contributed by atoms with Gasteiger partial charge in [0.15, 0.2) is 0 Å². The van der Waals surface area contributed by atoms with E-state index in [9.17, 15) is 9.59 Å². The van der Waals surface area contributed by atoms with E-state index in [-0.39, 0.29) is 17.4 Å². The van der Waals surface area contributed by atoms with Crippen molar-refractivity contribution in [3.63, 3.8) is 0 Å². The van der Waals surface area contributed by atoms with E-state index in [1.165, 1.54) is 0 Å². The van der Waals surface area contributed by atoms with Crippen LogP contribution in [0.15, 0.2) is 28.1 Å². The molecule has 2 aromatic rings. The fourth-order valence-electron chi connectivity index (χ4n) is 2.42. The molecule has 1 aliphatic rings. The molecule has 1 unspecified atom stereocenters. The highest BCUT2D eigenvalue weighted by Crippen LogP contribution is 2.19. The fourth-order valence-corrected chi connectivity index (χ4v) is 2.42. The van der Waals surface area contributed by atoms with Crippen molar-refractivity contribution in [2.45, 2.75) is 20.3 Å². The summed E-state index contributed by atoms with van der Waals surface area (Å²) in [4.78, 5) is 30.1. The largest absolute Gasteiger partial charge is 0.310 e. The maximum atomic E-state index is 11.8. The average molecular weight is 270 g/mol. The van der Waals surface area contributed by atoms with Crippen molar-refractivity contribution in [2.24, 2.45) is 11.0 Å². The van der Waals surface area contributed by atoms with E-state index in [0.717, 1.165) is 11.3 Å². The summed E-state index contributed by atoms with van der Waals surface area (Å²) in [7, 11) is 0. The molecule has 0 spiro atoms. The van der Waals surface area contributed by atoms with Gasteiger partial charge in [-0.15, -0.1) is 0 Å². The van der Waals surface area contributed by atoms with Crippen LogP contribution >= 0.6 is 0 Å². The maximum absolute atomic E-state index is 11.8. The predicted octanol–water partition coefficient (Wildman–Crippen LogP) is 1.09. The maximum Gasteiger partial charge on any atom is 0.258 e. The molecule has 20 heavy (non-hydrogen) atoms. The van der Waals surface area contributed by atoms with Crippen LogP contribution < -0.4 is 11.0 Å². The number of amides is 1. The van der Waals surface area contributed by atoms with Gasteiger partial charge in [-0.05, 0) is 19.1 Å². The molecule has 0 radical (unpaired) electrons. The van der Waals surface area contributed by atoms with Gasteiger partial charge in [0.05, 0.1) is 16.6 Å². The number of hydrogen-bond acceptors (Lipinski definition) is 4. The molecular formula is C14H14N4O2. The first-order valence-electron chi connectivity index (χ1n) is 6.42. The van der Waals surface area contributed by atoms with Crippen LogP contribution in [0.4, 0.5) is 0 Å². The van der Waals surface area contributed by atoms with Crippen molar-refractivity contribution >= 4 is 22.5 Å². The Balaban J connectivity index is 2.14. The van der Waals surface area contributed by atoms with Gasteiger partial charge < -0.3 is 4.98 Å². The lowest BCUT2D eigenvalue weighted by Crippen LogP contribution is -2.32. The number of fused-ring (bicyclic) bond motifs is 1. The summed E-state index contributed by atoms with van der Waals surface area (Å²) in [6, 6.07) is 5.41. The van der Waals surface area contributed by atoms with Crippen LogP contribution in [0.25, 0.3) is 10.9 Å². The van der Waals surface area contributed by atoms with Gasteiger partial charge >= 0.3 is 0 Å². The number of rotatable bonds is 1. The zero-order chi connectivity index (χ0) is 14.3. The Hall–Kier alpha value is -2.50. The summed E-state index contributed by atoms with van der Waals surface area (Å²) in [6.07, 6.45) is 0.415. The van der Waals surface area contributed by atoms with Gasteiger partial charge in [0.1, 0.15) is 5.82 Å². The van der Waals surface area contributed by atoms with E-state index in [0.29, 0.717) is 23.1 Å². The third-order valence-corrected chi connectivity index (χ3v) is 3.38. The summed E-state index contributed by atoms with van der Waals surface area (Å²) in [5.74, 6) is 0.545. The third kappa shape index (κ3) is 2.09. The van der Waals surface area contributed by atoms with Crippen LogP contribution in [0, 0.1) is 12.8 Å². The number of benzene rings is 1. The minimum absolute atomic E-state index is 0.0456. The molecule has 2 N–H and O–H groups in total. The molecule has 1 aromatic heterocycles. The second-order valence-corrected chi connectivity index (χ2v) is 5.02. The van der Waals surface area contributed by atoms with Crippen LogP contribution in [0.2, 0.25) is 0 Å². The van der Waals surface area contributed by atoms with Crippen LogP contribution in [-0.4, -0.2) is 21.6 Å². The van der Waals surface area contributed by atoms with Gasteiger partial charge in [0.2, 0.25) is 5.91 Å². The molecule has 1 atom stereocenters. The summed E-state index contributed by atoms with van der Waals surface area (Å²) in [5.41, 5.74) is 4.67. The first-order chi connectivity index (χ1) is 9.54. The Bertz CT molecular complexity index is 791. The number of H-pyrrole nitrogens is 1. The van der Waals surface area contributed by atoms with Gasteiger partial charge in [-0.2, -0.15) is 5.10 Å². The number of aromatic amines is 1. The molecule has 0 saturated carbocycles. The molecular weight excluding hydrogens is 256 g/mol. The second-order valence-electron chi connectivity index (χ2n) is 5.02. The molecule has 1 aliphatic heterocycles. The average Bonchev–Trinajstić information content (AvgIpc) is 2.37. The topological polar surface area (TPSA) is 87.2 Å². The highest BCUT2D eigenvalue weighted by molar-refractivity contribution is 6.07. The number of hydrogen-bond donors (Lipinski definition) is 2. The van der Waals surface area contributed by atoms with E-state index in [4.69, 9.17) is 0 Å². The Labute approximate surface area is 114 Å². The van der Waals surface area contributed by atoms with Crippen molar-refractivity contribution in [1.29, 1.82) is 0 Å². The van der Waals surface area contributed by atoms with E-state index in [1.807, 2.05) is 19.1 Å². The van der Waals surface area contributed by atoms with Crippen molar-refractivity contribution < 1.29 is 4.79 Å². The number of aryl methyl sites for hydroxylation is 1. The van der Waals surface area contributed by atoms with Gasteiger partial charge in [0.25, 0.3) is 5.56 Å². The van der Waals surface area contributed by atoms with Gasteiger partial charge in [-0.1, -0.05) is 13.0 Å². The lowest BCUT2D eigenvalue weighted by atomic mass is 9.93. The van der Waals surface area contributed by atoms with Crippen molar-refractivity contribution in [3.05, 3.63) is 39.9 Å². The van der Waals surface area contributed by atoms with Crippen molar-refractivity contribution in [2.75, 3.05) is 0 Å². The highest BCUT2D eigenvalue weighted by Gasteiger charge is 2.21. The van der Waals surface area contributed by atoms with E-state index in [2.05, 4.69) is 20.5 Å². The van der Waals surface area contributed by atoms with Crippen molar-refractivity contribution in [3.8, 4) is 0 Å². The van der Waals surface area contributed by atoms with Gasteiger partial charge in [-0.3, -0.25) is 9.59 Å². The van der Waals surface area contributed by atoms with Crippen LogP contribution in [-0.2, 0) is 4.79 Å². The molecule has 3 rings (SSSR count). The summed E-state index contributed by atoms with van der Waals surface area (Å²) < 4.78 is 0. The molecule has 2 heterocycles. The number of aromatic nitrogens is 2. The summed E-state index contributed by atoms with van der Waals surface area (Å²) in [5, 5.41) is 4.67. The molecule has 1 amide bonds. The Morgan fingerprint density at radius 2 is 2.10 bits per heavy atom. The molecule has 1 aromatic carbocycles. The Morgan fingerprint density at radius 3 is 2.85 bits per heavy atom. The third-order valence-electron chi connectivity index (χ3n) is 3.38. The smallest absolute Gasteiger partial charge is 0.258 e. The molecule has 0 fully saturated rings. The highest BCUT2D eigenvalue weighted by atomic mass is 16.2. The molecule has 6 nitrogen and oxygen atoms in total. The normalized spacial score (nSPS) is 18.8. The summed E-state index contributed by atoms with van der Waals surface area (Å²) >= 11 is 0. The number of nitrogens with one attached hydrogen (secondary N) is 2. The molecule has 0 saturated heterocycles. The molecule has 0 aliphatic carbocycles. The SMILES string of the molecule is Cc1nc2cc(C3=NNC(=O)CC3C)ccc2c(=O)[nH]1. The fraction of sp³-hybridized carbons (Fsp3) is 0.286. The summed E-state index contributed by atoms with van der Waals surface area (Å²) in [6.45, 7) is 3.70. The monoisotopic (exact) mass is 270 g/mol. The minimum Gasteiger partial charge on any atom is -0.310 e. The number of nitrogens with zero attached hydrogens (tertiary/aromatic N) is 2. The lowest BCUT2D eigenvalue weighted by molar-refractivity contribution is -0.121. The standard InChI is InChI=1S/C14H14N4O2/c1-7-5-12(19)17-18-13(7)9-3-4-10-11(6-9)15-8(2)16-14(10)20/h3-4,6-7H,5H2,1-2H3,(H,17,19)(H,15,16,20). The zero-order valence-corrected chi connectivity index (χ0v) is 11.2. The Morgan fingerprint density at radius 1 is 1.30 bits per heavy atom. The predicted molar refractivity (Wildman–Crippen MR) is 75.6 cm³/mol. The first kappa shape index (κ1) is 12.5. The van der Waals surface area contributed by atoms with Crippen LogP contribution in [0.1, 0.15) is 24.7 Å². The zero-order valence-electron chi connectivity index (χ0n) is 11.2. The van der Waals surface area contributed by atoms with Gasteiger partial charge in [-0.25, -0.2) is 10.4 Å². The quantitative estimate of drug-likeness (QED) is 0.813.